The van der Waals surface area contributed by atoms with E-state index in [1.54, 1.807) is 23.9 Å². The number of nitrogens with zero attached hydrogens (tertiary/aromatic N) is 2. The van der Waals surface area contributed by atoms with Crippen molar-refractivity contribution in [2.75, 3.05) is 11.1 Å². The number of para-hydroxylation sites is 1. The minimum absolute atomic E-state index is 0.112. The molecule has 1 amide bonds. The molecule has 0 saturated carbocycles. The molecule has 0 unspecified atom stereocenters. The third-order valence-electron chi connectivity index (χ3n) is 3.79. The van der Waals surface area contributed by atoms with Crippen molar-refractivity contribution in [3.05, 3.63) is 66.4 Å². The van der Waals surface area contributed by atoms with E-state index in [0.29, 0.717) is 5.56 Å². The van der Waals surface area contributed by atoms with Crippen LogP contribution in [0, 0.1) is 0 Å². The average molecular weight is 321 g/mol. The van der Waals surface area contributed by atoms with E-state index >= 15 is 0 Å². The van der Waals surface area contributed by atoms with Gasteiger partial charge in [0.15, 0.2) is 5.16 Å². The molecular weight excluding hydrogens is 306 g/mol. The Morgan fingerprint density at radius 1 is 1.09 bits per heavy atom. The van der Waals surface area contributed by atoms with Crippen molar-refractivity contribution >= 4 is 23.4 Å². The number of anilines is 1. The summed E-state index contributed by atoms with van der Waals surface area (Å²) in [5.41, 5.74) is 3.27. The van der Waals surface area contributed by atoms with Crippen molar-refractivity contribution in [3.63, 3.8) is 0 Å². The summed E-state index contributed by atoms with van der Waals surface area (Å²) in [7, 11) is 0. The van der Waals surface area contributed by atoms with Crippen molar-refractivity contribution in [2.24, 2.45) is 0 Å². The molecule has 1 aliphatic rings. The lowest BCUT2D eigenvalue weighted by molar-refractivity contribution is 0.102. The maximum absolute atomic E-state index is 12.4. The molecule has 114 valence electrons. The number of fused-ring (bicyclic) bond motifs is 1. The predicted molar refractivity (Wildman–Crippen MR) is 92.8 cm³/mol. The lowest BCUT2D eigenvalue weighted by atomic mass is 10.1. The number of thioether (sulfide) groups is 1. The van der Waals surface area contributed by atoms with Crippen LogP contribution in [0.2, 0.25) is 0 Å². The molecule has 1 aliphatic heterocycles. The van der Waals surface area contributed by atoms with E-state index in [4.69, 9.17) is 0 Å². The molecule has 0 spiro atoms. The normalized spacial score (nSPS) is 12.9. The highest BCUT2D eigenvalue weighted by Gasteiger charge is 2.17. The number of carbonyl (C=O) groups is 1. The zero-order valence-electron chi connectivity index (χ0n) is 12.4. The van der Waals surface area contributed by atoms with Gasteiger partial charge in [0.2, 0.25) is 0 Å². The van der Waals surface area contributed by atoms with Crippen LogP contribution in [0.3, 0.4) is 0 Å². The zero-order chi connectivity index (χ0) is 15.6. The minimum atomic E-state index is -0.112. The average Bonchev–Trinajstić information content (AvgIpc) is 3.18. The molecule has 2 aromatic carbocycles. The van der Waals surface area contributed by atoms with Gasteiger partial charge >= 0.3 is 0 Å². The Kier molecular flexibility index (Phi) is 3.63. The summed E-state index contributed by atoms with van der Waals surface area (Å²) in [6.45, 7) is 0.992. The number of rotatable bonds is 3. The number of aryl methyl sites for hydroxylation is 1. The molecular formula is C18H15N3OS. The van der Waals surface area contributed by atoms with Crippen molar-refractivity contribution in [2.45, 2.75) is 11.7 Å². The summed E-state index contributed by atoms with van der Waals surface area (Å²) in [5, 5.41) is 4.04. The van der Waals surface area contributed by atoms with Gasteiger partial charge in [-0.05, 0) is 18.2 Å². The first-order chi connectivity index (χ1) is 11.3. The van der Waals surface area contributed by atoms with E-state index in [9.17, 15) is 4.79 Å². The summed E-state index contributed by atoms with van der Waals surface area (Å²) in [4.78, 5) is 17.1. The van der Waals surface area contributed by atoms with E-state index in [-0.39, 0.29) is 5.91 Å². The molecule has 1 N–H and O–H groups in total. The van der Waals surface area contributed by atoms with E-state index in [1.807, 2.05) is 42.5 Å². The molecule has 23 heavy (non-hydrogen) atoms. The molecule has 4 nitrogen and oxygen atoms in total. The van der Waals surface area contributed by atoms with Crippen LogP contribution in [-0.2, 0) is 6.54 Å². The fourth-order valence-electron chi connectivity index (χ4n) is 2.64. The third kappa shape index (κ3) is 2.75. The molecule has 3 aromatic rings. The van der Waals surface area contributed by atoms with Gasteiger partial charge in [0.25, 0.3) is 5.91 Å². The van der Waals surface area contributed by atoms with E-state index in [2.05, 4.69) is 21.1 Å². The van der Waals surface area contributed by atoms with Crippen molar-refractivity contribution in [1.29, 1.82) is 0 Å². The van der Waals surface area contributed by atoms with Gasteiger partial charge in [0, 0.05) is 29.6 Å². The van der Waals surface area contributed by atoms with Gasteiger partial charge in [0.1, 0.15) is 0 Å². The molecule has 5 heteroatoms. The first-order valence-corrected chi connectivity index (χ1v) is 8.45. The Morgan fingerprint density at radius 2 is 1.87 bits per heavy atom. The highest BCUT2D eigenvalue weighted by molar-refractivity contribution is 7.99. The minimum Gasteiger partial charge on any atom is -0.325 e. The maximum Gasteiger partial charge on any atom is 0.255 e. The largest absolute Gasteiger partial charge is 0.325 e. The van der Waals surface area contributed by atoms with E-state index < -0.39 is 0 Å². The highest BCUT2D eigenvalue weighted by Crippen LogP contribution is 2.32. The Hall–Kier alpha value is -2.53. The van der Waals surface area contributed by atoms with Crippen LogP contribution >= 0.6 is 11.8 Å². The molecule has 0 atom stereocenters. The Labute approximate surface area is 138 Å². The van der Waals surface area contributed by atoms with Crippen LogP contribution in [-0.4, -0.2) is 21.2 Å². The van der Waals surface area contributed by atoms with Crippen LogP contribution in [0.4, 0.5) is 5.69 Å². The number of aromatic nitrogens is 2. The summed E-state index contributed by atoms with van der Waals surface area (Å²) in [6, 6.07) is 17.0. The van der Waals surface area contributed by atoms with Gasteiger partial charge in [-0.2, -0.15) is 0 Å². The Morgan fingerprint density at radius 3 is 2.70 bits per heavy atom. The molecule has 2 heterocycles. The second kappa shape index (κ2) is 5.93. The van der Waals surface area contributed by atoms with Crippen LogP contribution in [0.1, 0.15) is 10.4 Å². The third-order valence-corrected chi connectivity index (χ3v) is 4.76. The number of hydrogen-bond donors (Lipinski definition) is 1. The standard InChI is InChI=1S/C18H15N3OS/c22-17(13-6-2-1-3-7-13)19-15-9-5-4-8-14(15)16-12-21-10-11-23-18(21)20-16/h1-9,12H,10-11H2,(H,19,22). The maximum atomic E-state index is 12.4. The summed E-state index contributed by atoms with van der Waals surface area (Å²) in [6.07, 6.45) is 2.06. The van der Waals surface area contributed by atoms with Crippen molar-refractivity contribution < 1.29 is 4.79 Å². The highest BCUT2D eigenvalue weighted by atomic mass is 32.2. The molecule has 0 fully saturated rings. The fourth-order valence-corrected chi connectivity index (χ4v) is 3.58. The zero-order valence-corrected chi connectivity index (χ0v) is 13.2. The van der Waals surface area contributed by atoms with Gasteiger partial charge < -0.3 is 9.88 Å². The lowest BCUT2D eigenvalue weighted by Crippen LogP contribution is -2.12. The SMILES string of the molecule is O=C(Nc1ccccc1-c1cn2c(n1)SCC2)c1ccccc1. The first kappa shape index (κ1) is 14.1. The number of benzene rings is 2. The summed E-state index contributed by atoms with van der Waals surface area (Å²) < 4.78 is 2.16. The number of imidazole rings is 1. The van der Waals surface area contributed by atoms with E-state index in [1.165, 1.54) is 0 Å². The second-order valence-corrected chi connectivity index (χ2v) is 6.38. The summed E-state index contributed by atoms with van der Waals surface area (Å²) in [5.74, 6) is 0.967. The first-order valence-electron chi connectivity index (χ1n) is 7.47. The molecule has 0 radical (unpaired) electrons. The van der Waals surface area contributed by atoms with Crippen molar-refractivity contribution in [1.82, 2.24) is 9.55 Å². The summed E-state index contributed by atoms with van der Waals surface area (Å²) >= 11 is 1.76. The molecule has 1 aromatic heterocycles. The monoisotopic (exact) mass is 321 g/mol. The lowest BCUT2D eigenvalue weighted by Gasteiger charge is -2.09. The van der Waals surface area contributed by atoms with Crippen LogP contribution < -0.4 is 5.32 Å². The predicted octanol–water partition coefficient (Wildman–Crippen LogP) is 3.91. The van der Waals surface area contributed by atoms with Gasteiger partial charge in [-0.15, -0.1) is 0 Å². The van der Waals surface area contributed by atoms with Crippen LogP contribution in [0.25, 0.3) is 11.3 Å². The van der Waals surface area contributed by atoms with Gasteiger partial charge in [-0.3, -0.25) is 4.79 Å². The molecule has 0 aliphatic carbocycles. The van der Waals surface area contributed by atoms with Gasteiger partial charge in [0.05, 0.1) is 11.4 Å². The Balaban J connectivity index is 1.66. The van der Waals surface area contributed by atoms with E-state index in [0.717, 1.165) is 34.4 Å². The quantitative estimate of drug-likeness (QED) is 0.795. The molecule has 0 saturated heterocycles. The molecule has 0 bridgehead atoms. The van der Waals surface area contributed by atoms with Crippen LogP contribution in [0.5, 0.6) is 0 Å². The van der Waals surface area contributed by atoms with Crippen molar-refractivity contribution in [3.8, 4) is 11.3 Å². The van der Waals surface area contributed by atoms with Gasteiger partial charge in [-0.1, -0.05) is 48.2 Å². The molecule has 4 rings (SSSR count). The number of hydrogen-bond acceptors (Lipinski definition) is 3. The second-order valence-electron chi connectivity index (χ2n) is 5.32. The fraction of sp³-hybridized carbons (Fsp3) is 0.111. The number of carbonyl (C=O) groups excluding carboxylic acids is 1. The van der Waals surface area contributed by atoms with Crippen LogP contribution in [0.15, 0.2) is 66.0 Å². The smallest absolute Gasteiger partial charge is 0.255 e. The Bertz CT molecular complexity index is 836. The van der Waals surface area contributed by atoms with Gasteiger partial charge in [-0.25, -0.2) is 4.98 Å². The topological polar surface area (TPSA) is 46.9 Å². The number of nitrogens with one attached hydrogen (secondary N) is 1. The number of amides is 1.